The number of fused-ring (bicyclic) bond motifs is 1. The Bertz CT molecular complexity index is 1310. The zero-order chi connectivity index (χ0) is 26.6. The molecule has 9 heteroatoms. The van der Waals surface area contributed by atoms with Crippen LogP contribution in [0.4, 0.5) is 16.2 Å². The topological polar surface area (TPSA) is 124 Å². The average Bonchev–Trinajstić information content (AvgIpc) is 3.47. The van der Waals surface area contributed by atoms with E-state index in [1.165, 1.54) is 4.90 Å². The quantitative estimate of drug-likeness (QED) is 0.528. The van der Waals surface area contributed by atoms with E-state index in [1.54, 1.807) is 31.2 Å². The molecule has 38 heavy (non-hydrogen) atoms. The highest BCUT2D eigenvalue weighted by Crippen LogP contribution is 2.43. The Kier molecular flexibility index (Phi) is 7.52. The van der Waals surface area contributed by atoms with E-state index < -0.39 is 18.1 Å². The number of amides is 2. The first kappa shape index (κ1) is 25.6. The van der Waals surface area contributed by atoms with Crippen LogP contribution in [0.3, 0.4) is 0 Å². The minimum absolute atomic E-state index is 0.0827. The number of nitrogens with zero attached hydrogens (tertiary/aromatic N) is 2. The Balaban J connectivity index is 1.45. The van der Waals surface area contributed by atoms with Crippen LogP contribution in [0, 0.1) is 11.3 Å². The molecule has 1 fully saturated rings. The number of aromatic hydroxyl groups is 1. The van der Waals surface area contributed by atoms with Crippen molar-refractivity contribution in [2.24, 2.45) is 0 Å². The first-order valence-electron chi connectivity index (χ1n) is 13.2. The van der Waals surface area contributed by atoms with Gasteiger partial charge < -0.3 is 25.2 Å². The van der Waals surface area contributed by atoms with E-state index >= 15 is 0 Å². The van der Waals surface area contributed by atoms with E-state index in [1.807, 2.05) is 6.07 Å². The van der Waals surface area contributed by atoms with Crippen LogP contribution < -0.4 is 20.3 Å². The number of rotatable bonds is 5. The molecule has 0 radical (unpaired) electrons. The standard InChI is InChI=1S/C29H32N4O5/c1-2-37-29(36)33-17-27(38-26-8-7-18(16-30)13-24(26)33)28(35)32-23-15-25(34)22(19-5-3-4-6-19)14-21(23)20-9-11-31-12-10-20/h7-9,13-15,19,27,31,34H,2-6,10-12,17H2,1H3,(H,32,35). The van der Waals surface area contributed by atoms with E-state index in [-0.39, 0.29) is 18.9 Å². The van der Waals surface area contributed by atoms with Gasteiger partial charge in [-0.2, -0.15) is 5.26 Å². The van der Waals surface area contributed by atoms with Gasteiger partial charge in [0.05, 0.1) is 36.2 Å². The fourth-order valence-electron chi connectivity index (χ4n) is 5.48. The van der Waals surface area contributed by atoms with E-state index in [0.29, 0.717) is 28.6 Å². The van der Waals surface area contributed by atoms with Gasteiger partial charge in [0.1, 0.15) is 11.5 Å². The maximum absolute atomic E-state index is 13.5. The molecule has 1 saturated carbocycles. The number of nitrogens with one attached hydrogen (secondary N) is 2. The second-order valence-electron chi connectivity index (χ2n) is 9.82. The summed E-state index contributed by atoms with van der Waals surface area (Å²) in [5, 5.41) is 26.5. The maximum atomic E-state index is 13.5. The normalized spacial score (nSPS) is 19.1. The predicted octanol–water partition coefficient (Wildman–Crippen LogP) is 4.66. The molecule has 2 heterocycles. The number of ether oxygens (including phenoxy) is 2. The van der Waals surface area contributed by atoms with Crippen molar-refractivity contribution in [3.8, 4) is 17.6 Å². The molecule has 1 aliphatic carbocycles. The van der Waals surface area contributed by atoms with Crippen molar-refractivity contribution in [3.63, 3.8) is 0 Å². The lowest BCUT2D eigenvalue weighted by Gasteiger charge is -2.33. The third-order valence-corrected chi connectivity index (χ3v) is 7.41. The molecule has 1 unspecified atom stereocenters. The van der Waals surface area contributed by atoms with Crippen molar-refractivity contribution in [3.05, 3.63) is 53.1 Å². The lowest BCUT2D eigenvalue weighted by Crippen LogP contribution is -2.49. The van der Waals surface area contributed by atoms with Crippen molar-refractivity contribution in [1.82, 2.24) is 5.32 Å². The highest BCUT2D eigenvalue weighted by atomic mass is 16.6. The van der Waals surface area contributed by atoms with E-state index in [4.69, 9.17) is 9.47 Å². The largest absolute Gasteiger partial charge is 0.508 e. The smallest absolute Gasteiger partial charge is 0.414 e. The third-order valence-electron chi connectivity index (χ3n) is 7.41. The summed E-state index contributed by atoms with van der Waals surface area (Å²) < 4.78 is 11.2. The van der Waals surface area contributed by atoms with E-state index in [2.05, 4.69) is 22.8 Å². The molecule has 0 saturated heterocycles. The second kappa shape index (κ2) is 11.2. The number of anilines is 2. The van der Waals surface area contributed by atoms with Crippen molar-refractivity contribution < 1.29 is 24.2 Å². The zero-order valence-corrected chi connectivity index (χ0v) is 21.5. The molecule has 2 aliphatic heterocycles. The molecule has 0 aromatic heterocycles. The molecule has 9 nitrogen and oxygen atoms in total. The van der Waals surface area contributed by atoms with Crippen molar-refractivity contribution >= 4 is 28.9 Å². The summed E-state index contributed by atoms with van der Waals surface area (Å²) in [6, 6.07) is 10.4. The number of carbonyl (C=O) groups excluding carboxylic acids is 2. The van der Waals surface area contributed by atoms with Crippen LogP contribution in [0.5, 0.6) is 11.5 Å². The molecule has 5 rings (SSSR count). The van der Waals surface area contributed by atoms with Crippen molar-refractivity contribution in [1.29, 1.82) is 5.26 Å². The first-order valence-corrected chi connectivity index (χ1v) is 13.2. The number of hydrogen-bond donors (Lipinski definition) is 3. The Morgan fingerprint density at radius 3 is 2.79 bits per heavy atom. The van der Waals surface area contributed by atoms with Gasteiger partial charge >= 0.3 is 6.09 Å². The number of hydrogen-bond acceptors (Lipinski definition) is 7. The number of nitriles is 1. The first-order chi connectivity index (χ1) is 18.5. The van der Waals surface area contributed by atoms with E-state index in [0.717, 1.165) is 61.9 Å². The van der Waals surface area contributed by atoms with Crippen LogP contribution in [0.1, 0.15) is 61.6 Å². The Hall–Kier alpha value is -4.03. The molecular weight excluding hydrogens is 484 g/mol. The van der Waals surface area contributed by atoms with Gasteiger partial charge in [0.15, 0.2) is 6.10 Å². The van der Waals surface area contributed by atoms with Gasteiger partial charge in [0.25, 0.3) is 5.91 Å². The highest BCUT2D eigenvalue weighted by molar-refractivity contribution is 6.00. The fourth-order valence-corrected chi connectivity index (χ4v) is 5.48. The van der Waals surface area contributed by atoms with Crippen molar-refractivity contribution in [2.45, 2.75) is 51.0 Å². The number of carbonyl (C=O) groups is 2. The molecule has 0 bridgehead atoms. The fraction of sp³-hybridized carbons (Fsp3) is 0.414. The van der Waals surface area contributed by atoms with Gasteiger partial charge in [0.2, 0.25) is 0 Å². The van der Waals surface area contributed by atoms with Crippen molar-refractivity contribution in [2.75, 3.05) is 36.5 Å². The second-order valence-corrected chi connectivity index (χ2v) is 9.82. The summed E-state index contributed by atoms with van der Waals surface area (Å²) in [4.78, 5) is 27.6. The highest BCUT2D eigenvalue weighted by Gasteiger charge is 2.35. The number of phenols is 1. The SMILES string of the molecule is CCOC(=O)N1CC(C(=O)Nc2cc(O)c(C3CCCC3)cc2C2=CCNCC2)Oc2ccc(C#N)cc21. The zero-order valence-electron chi connectivity index (χ0n) is 21.5. The van der Waals surface area contributed by atoms with E-state index in [9.17, 15) is 20.0 Å². The number of benzene rings is 2. The Labute approximate surface area is 222 Å². The van der Waals surface area contributed by atoms with Crippen LogP contribution in [-0.2, 0) is 9.53 Å². The van der Waals surface area contributed by atoms with Gasteiger partial charge in [-0.3, -0.25) is 9.69 Å². The number of phenolic OH excluding ortho intramolecular Hbond substituents is 1. The molecular formula is C29H32N4O5. The molecule has 0 spiro atoms. The monoisotopic (exact) mass is 516 g/mol. The molecule has 198 valence electrons. The van der Waals surface area contributed by atoms with Gasteiger partial charge in [-0.05, 0) is 74.1 Å². The summed E-state index contributed by atoms with van der Waals surface area (Å²) >= 11 is 0. The molecule has 2 aromatic rings. The van der Waals surface area contributed by atoms with Gasteiger partial charge in [-0.25, -0.2) is 4.79 Å². The summed E-state index contributed by atoms with van der Waals surface area (Å²) in [5.74, 6) is 0.357. The predicted molar refractivity (Wildman–Crippen MR) is 143 cm³/mol. The summed E-state index contributed by atoms with van der Waals surface area (Å²) in [6.45, 7) is 3.36. The Morgan fingerprint density at radius 2 is 2.08 bits per heavy atom. The van der Waals surface area contributed by atoms with Crippen LogP contribution in [0.15, 0.2) is 36.4 Å². The third kappa shape index (κ3) is 5.18. The van der Waals surface area contributed by atoms with Crippen LogP contribution >= 0.6 is 0 Å². The molecule has 2 aromatic carbocycles. The maximum Gasteiger partial charge on any atom is 0.414 e. The minimum atomic E-state index is -1.02. The minimum Gasteiger partial charge on any atom is -0.508 e. The Morgan fingerprint density at radius 1 is 1.26 bits per heavy atom. The summed E-state index contributed by atoms with van der Waals surface area (Å²) in [6.07, 6.45) is 5.68. The molecule has 3 aliphatic rings. The molecule has 2 amide bonds. The average molecular weight is 517 g/mol. The van der Waals surface area contributed by atoms with Gasteiger partial charge in [0, 0.05) is 18.2 Å². The van der Waals surface area contributed by atoms with Crippen LogP contribution in [0.2, 0.25) is 0 Å². The summed E-state index contributed by atoms with van der Waals surface area (Å²) in [5.41, 5.74) is 4.20. The molecule has 3 N–H and O–H groups in total. The van der Waals surface area contributed by atoms with Crippen LogP contribution in [0.25, 0.3) is 5.57 Å². The van der Waals surface area contributed by atoms with Gasteiger partial charge in [-0.1, -0.05) is 18.9 Å². The lowest BCUT2D eigenvalue weighted by atomic mass is 9.90. The molecule has 1 atom stereocenters. The summed E-state index contributed by atoms with van der Waals surface area (Å²) in [7, 11) is 0. The lowest BCUT2D eigenvalue weighted by molar-refractivity contribution is -0.122. The van der Waals surface area contributed by atoms with Gasteiger partial charge in [-0.15, -0.1) is 0 Å². The van der Waals surface area contributed by atoms with Crippen LogP contribution in [-0.4, -0.2) is 49.5 Å².